The van der Waals surface area contributed by atoms with Crippen LogP contribution in [0.1, 0.15) is 0 Å². The van der Waals surface area contributed by atoms with Gasteiger partial charge in [-0.1, -0.05) is 0 Å². The fourth-order valence-corrected chi connectivity index (χ4v) is 0.463. The lowest BCUT2D eigenvalue weighted by atomic mass is 10.5. The van der Waals surface area contributed by atoms with Gasteiger partial charge >= 0.3 is 6.36 Å². The van der Waals surface area contributed by atoms with Crippen LogP contribution in [0.4, 0.5) is 13.2 Å². The second-order valence-electron chi connectivity index (χ2n) is 1.62. The number of hydrogen-bond donors (Lipinski definition) is 1. The van der Waals surface area contributed by atoms with Crippen molar-refractivity contribution in [2.75, 3.05) is 0 Å². The molecule has 6 heteroatoms. The van der Waals surface area contributed by atoms with Crippen molar-refractivity contribution in [3.05, 3.63) is 24.6 Å². The molecule has 0 saturated carbocycles. The fraction of sp³-hybridized carbons (Fsp3) is 0.200. The number of alkyl halides is 3. The quantitative estimate of drug-likeness (QED) is 0.629. The Hall–Kier alpha value is -1.17. The molecule has 0 fully saturated rings. The smallest absolute Gasteiger partial charge is 0.281 e. The molecule has 0 bridgehead atoms. The number of hydroxylamine groups is 1. The van der Waals surface area contributed by atoms with Crippen LogP contribution in [0.25, 0.3) is 0 Å². The molecule has 1 radical (unpaired) electrons. The van der Waals surface area contributed by atoms with Crippen molar-refractivity contribution in [3.8, 4) is 0 Å². The minimum absolute atomic E-state index is 0.333. The lowest BCUT2D eigenvalue weighted by molar-refractivity contribution is -0.413. The van der Waals surface area contributed by atoms with Crippen molar-refractivity contribution in [1.82, 2.24) is 10.6 Å². The van der Waals surface area contributed by atoms with E-state index in [1.54, 1.807) is 0 Å². The van der Waals surface area contributed by atoms with Crippen molar-refractivity contribution < 1.29 is 18.0 Å². The normalized spacial score (nSPS) is 16.8. The molecular formula is C5H4F3N2O. The van der Waals surface area contributed by atoms with Gasteiger partial charge in [0, 0.05) is 6.20 Å². The average Bonchev–Trinajstić information content (AvgIpc) is 1.85. The summed E-state index contributed by atoms with van der Waals surface area (Å²) in [6.45, 7) is 0. The highest BCUT2D eigenvalue weighted by molar-refractivity contribution is 4.99. The lowest BCUT2D eigenvalue weighted by Crippen LogP contribution is -2.36. The van der Waals surface area contributed by atoms with Gasteiger partial charge < -0.3 is 0 Å². The molecule has 1 N–H and O–H groups in total. The van der Waals surface area contributed by atoms with E-state index >= 15 is 0 Å². The van der Waals surface area contributed by atoms with Crippen LogP contribution in [0.5, 0.6) is 0 Å². The molecule has 1 aliphatic heterocycles. The van der Waals surface area contributed by atoms with Gasteiger partial charge in [0.15, 0.2) is 0 Å². The van der Waals surface area contributed by atoms with E-state index < -0.39 is 6.36 Å². The van der Waals surface area contributed by atoms with Gasteiger partial charge in [-0.3, -0.25) is 5.43 Å². The zero-order valence-electron chi connectivity index (χ0n) is 5.22. The maximum atomic E-state index is 11.5. The highest BCUT2D eigenvalue weighted by Crippen LogP contribution is 2.17. The van der Waals surface area contributed by atoms with Crippen LogP contribution >= 0.6 is 0 Å². The average molecular weight is 165 g/mol. The van der Waals surface area contributed by atoms with Gasteiger partial charge in [-0.15, -0.1) is 13.2 Å². The molecule has 1 rings (SSSR count). The Morgan fingerprint density at radius 2 is 2.18 bits per heavy atom. The maximum Gasteiger partial charge on any atom is 0.545 e. The first-order valence-corrected chi connectivity index (χ1v) is 2.64. The van der Waals surface area contributed by atoms with E-state index in [4.69, 9.17) is 0 Å². The van der Waals surface area contributed by atoms with E-state index in [0.717, 1.165) is 0 Å². The van der Waals surface area contributed by atoms with E-state index in [0.29, 0.717) is 5.17 Å². The lowest BCUT2D eigenvalue weighted by Gasteiger charge is -2.20. The Balaban J connectivity index is 2.39. The largest absolute Gasteiger partial charge is 0.545 e. The molecule has 61 valence electrons. The topological polar surface area (TPSA) is 24.5 Å². The molecule has 0 aromatic rings. The number of nitrogens with one attached hydrogen (secondary N) is 1. The summed E-state index contributed by atoms with van der Waals surface area (Å²) in [5.74, 6) is 0. The molecule has 0 atom stereocenters. The molecule has 11 heavy (non-hydrogen) atoms. The third-order valence-corrected chi connectivity index (χ3v) is 0.771. The van der Waals surface area contributed by atoms with Crippen LogP contribution in [0.15, 0.2) is 18.4 Å². The molecule has 0 aromatic carbocycles. The van der Waals surface area contributed by atoms with Crippen molar-refractivity contribution in [2.45, 2.75) is 6.36 Å². The van der Waals surface area contributed by atoms with Crippen LogP contribution in [0, 0.1) is 6.20 Å². The molecular weight excluding hydrogens is 161 g/mol. The van der Waals surface area contributed by atoms with Gasteiger partial charge in [-0.05, 0) is 12.2 Å². The van der Waals surface area contributed by atoms with E-state index in [1.165, 1.54) is 18.4 Å². The zero-order valence-corrected chi connectivity index (χ0v) is 5.22. The molecule has 0 aliphatic carbocycles. The maximum absolute atomic E-state index is 11.5. The second-order valence-corrected chi connectivity index (χ2v) is 1.62. The second kappa shape index (κ2) is 2.83. The first-order valence-electron chi connectivity index (χ1n) is 2.64. The Morgan fingerprint density at radius 3 is 2.64 bits per heavy atom. The fourth-order valence-electron chi connectivity index (χ4n) is 0.463. The Kier molecular flexibility index (Phi) is 2.04. The summed E-state index contributed by atoms with van der Waals surface area (Å²) < 4.78 is 34.4. The number of halogens is 3. The minimum Gasteiger partial charge on any atom is -0.281 e. The molecule has 0 spiro atoms. The van der Waals surface area contributed by atoms with Gasteiger partial charge in [0.2, 0.25) is 0 Å². The monoisotopic (exact) mass is 165 g/mol. The number of hydrazine groups is 1. The molecule has 0 amide bonds. The highest BCUT2D eigenvalue weighted by atomic mass is 19.4. The van der Waals surface area contributed by atoms with Crippen LogP contribution in [-0.4, -0.2) is 11.5 Å². The molecule has 3 nitrogen and oxygen atoms in total. The summed E-state index contributed by atoms with van der Waals surface area (Å²) in [6, 6.07) is 0. The van der Waals surface area contributed by atoms with E-state index in [2.05, 4.69) is 16.5 Å². The SMILES string of the molecule is FC(F)(F)ON1[C]=CC=CN1. The molecule has 1 heterocycles. The van der Waals surface area contributed by atoms with E-state index in [1.807, 2.05) is 0 Å². The summed E-state index contributed by atoms with van der Waals surface area (Å²) in [7, 11) is 0. The molecule has 1 aliphatic rings. The summed E-state index contributed by atoms with van der Waals surface area (Å²) in [6.07, 6.45) is 1.49. The summed E-state index contributed by atoms with van der Waals surface area (Å²) in [5, 5.41) is 0.333. The van der Waals surface area contributed by atoms with Crippen molar-refractivity contribution in [3.63, 3.8) is 0 Å². The Bertz CT molecular complexity index is 187. The third kappa shape index (κ3) is 2.94. The predicted octanol–water partition coefficient (Wildman–Crippen LogP) is 1.09. The van der Waals surface area contributed by atoms with Gasteiger partial charge in [0.1, 0.15) is 6.20 Å². The van der Waals surface area contributed by atoms with Crippen LogP contribution in [-0.2, 0) is 4.84 Å². The van der Waals surface area contributed by atoms with Crippen LogP contribution in [0.2, 0.25) is 0 Å². The number of allylic oxidation sites excluding steroid dienone is 2. The summed E-state index contributed by atoms with van der Waals surface area (Å²) >= 11 is 0. The van der Waals surface area contributed by atoms with E-state index in [9.17, 15) is 13.2 Å². The number of hydrogen-bond acceptors (Lipinski definition) is 3. The standard InChI is InChI=1S/C5H4F3N2O/c6-5(7,8)11-10-4-2-1-3-9-10/h1-3,9H. The highest BCUT2D eigenvalue weighted by Gasteiger charge is 2.33. The summed E-state index contributed by atoms with van der Waals surface area (Å²) in [5.41, 5.74) is 2.14. The van der Waals surface area contributed by atoms with Gasteiger partial charge in [0.25, 0.3) is 0 Å². The van der Waals surface area contributed by atoms with E-state index in [-0.39, 0.29) is 0 Å². The predicted molar refractivity (Wildman–Crippen MR) is 29.1 cm³/mol. The number of nitrogens with zero attached hydrogens (tertiary/aromatic N) is 1. The van der Waals surface area contributed by atoms with Crippen molar-refractivity contribution in [1.29, 1.82) is 0 Å². The Labute approximate surface area is 60.7 Å². The summed E-state index contributed by atoms with van der Waals surface area (Å²) in [4.78, 5) is 3.41. The number of rotatable bonds is 1. The van der Waals surface area contributed by atoms with Crippen LogP contribution < -0.4 is 5.43 Å². The first kappa shape index (κ1) is 7.93. The molecule has 0 aromatic heterocycles. The third-order valence-electron chi connectivity index (χ3n) is 0.771. The zero-order chi connectivity index (χ0) is 8.32. The van der Waals surface area contributed by atoms with Gasteiger partial charge in [0.05, 0.1) is 0 Å². The van der Waals surface area contributed by atoms with Crippen molar-refractivity contribution >= 4 is 0 Å². The van der Waals surface area contributed by atoms with Gasteiger partial charge in [-0.25, -0.2) is 0 Å². The minimum atomic E-state index is -4.70. The Morgan fingerprint density at radius 1 is 1.45 bits per heavy atom. The first-order chi connectivity index (χ1) is 5.08. The molecule has 0 saturated heterocycles. The molecule has 0 unspecified atom stereocenters. The van der Waals surface area contributed by atoms with Crippen molar-refractivity contribution in [2.24, 2.45) is 0 Å². The van der Waals surface area contributed by atoms with Gasteiger partial charge in [-0.2, -0.15) is 10.0 Å². The van der Waals surface area contributed by atoms with Crippen LogP contribution in [0.3, 0.4) is 0 Å².